The zero-order valence-electron chi connectivity index (χ0n) is 14.5. The topological polar surface area (TPSA) is 69.0 Å². The summed E-state index contributed by atoms with van der Waals surface area (Å²) in [4.78, 5) is 16.2. The number of carbonyl (C=O) groups is 1. The van der Waals surface area contributed by atoms with Gasteiger partial charge >= 0.3 is 0 Å². The Morgan fingerprint density at radius 1 is 1.23 bits per heavy atom. The molecule has 3 rings (SSSR count). The number of nitrogens with one attached hydrogen (secondary N) is 1. The fourth-order valence-corrected chi connectivity index (χ4v) is 2.38. The summed E-state index contributed by atoms with van der Waals surface area (Å²) in [7, 11) is 0. The van der Waals surface area contributed by atoms with Gasteiger partial charge in [-0.3, -0.25) is 4.79 Å². The monoisotopic (exact) mass is 348 g/mol. The lowest BCUT2D eigenvalue weighted by atomic mass is 10.2. The van der Waals surface area contributed by atoms with E-state index in [4.69, 9.17) is 4.74 Å². The lowest BCUT2D eigenvalue weighted by molar-refractivity contribution is -0.116. The molecule has 0 saturated heterocycles. The molecule has 1 aromatic carbocycles. The van der Waals surface area contributed by atoms with E-state index in [1.54, 1.807) is 23.2 Å². The summed E-state index contributed by atoms with van der Waals surface area (Å²) in [6.45, 7) is 2.79. The van der Waals surface area contributed by atoms with Crippen LogP contribution in [0.2, 0.25) is 0 Å². The van der Waals surface area contributed by atoms with Gasteiger partial charge in [-0.15, -0.1) is 0 Å². The number of ether oxygens (including phenoxy) is 1. The average Bonchev–Trinajstić information content (AvgIpc) is 3.16. The van der Waals surface area contributed by atoms with Crippen LogP contribution in [0, 0.1) is 0 Å². The Kier molecular flexibility index (Phi) is 5.77. The Bertz CT molecular complexity index is 888. The maximum atomic E-state index is 12.0. The molecule has 0 bridgehead atoms. The number of nitrogens with zero attached hydrogens (tertiary/aromatic N) is 3. The van der Waals surface area contributed by atoms with Gasteiger partial charge in [-0.1, -0.05) is 24.3 Å². The number of benzene rings is 1. The van der Waals surface area contributed by atoms with E-state index >= 15 is 0 Å². The number of amides is 1. The van der Waals surface area contributed by atoms with Crippen molar-refractivity contribution in [3.05, 3.63) is 78.3 Å². The fourth-order valence-electron chi connectivity index (χ4n) is 2.38. The Morgan fingerprint density at radius 2 is 2.08 bits per heavy atom. The first-order valence-electron chi connectivity index (χ1n) is 8.39. The third-order valence-electron chi connectivity index (χ3n) is 3.63. The Morgan fingerprint density at radius 3 is 2.88 bits per heavy atom. The second kappa shape index (κ2) is 8.62. The molecule has 1 amide bonds. The highest BCUT2D eigenvalue weighted by molar-refractivity contribution is 5.91. The minimum absolute atomic E-state index is 0.191. The first kappa shape index (κ1) is 17.4. The van der Waals surface area contributed by atoms with Gasteiger partial charge in [0.1, 0.15) is 0 Å². The summed E-state index contributed by atoms with van der Waals surface area (Å²) in [5, 5.41) is 7.13. The molecule has 0 atom stereocenters. The molecule has 0 fully saturated rings. The number of carbonyl (C=O) groups excluding carboxylic acids is 1. The normalized spacial score (nSPS) is 10.8. The molecule has 0 aliphatic heterocycles. The van der Waals surface area contributed by atoms with E-state index in [-0.39, 0.29) is 5.91 Å². The molecule has 0 aliphatic carbocycles. The van der Waals surface area contributed by atoms with E-state index in [0.717, 1.165) is 16.8 Å². The van der Waals surface area contributed by atoms with Gasteiger partial charge in [0, 0.05) is 36.1 Å². The summed E-state index contributed by atoms with van der Waals surface area (Å²) in [5.74, 6) is 0.354. The molecule has 6 heteroatoms. The summed E-state index contributed by atoms with van der Waals surface area (Å²) < 4.78 is 7.22. The van der Waals surface area contributed by atoms with Crippen molar-refractivity contribution in [2.24, 2.45) is 0 Å². The van der Waals surface area contributed by atoms with Crippen LogP contribution in [-0.4, -0.2) is 27.3 Å². The van der Waals surface area contributed by atoms with Crippen molar-refractivity contribution in [2.75, 3.05) is 6.61 Å². The zero-order chi connectivity index (χ0) is 18.2. The van der Waals surface area contributed by atoms with E-state index in [0.29, 0.717) is 19.0 Å². The van der Waals surface area contributed by atoms with Crippen LogP contribution in [0.15, 0.2) is 67.1 Å². The maximum Gasteiger partial charge on any atom is 0.244 e. The van der Waals surface area contributed by atoms with Crippen molar-refractivity contribution in [2.45, 2.75) is 13.5 Å². The van der Waals surface area contributed by atoms with Gasteiger partial charge in [0.05, 0.1) is 18.5 Å². The van der Waals surface area contributed by atoms with Gasteiger partial charge < -0.3 is 10.1 Å². The smallest absolute Gasteiger partial charge is 0.244 e. The van der Waals surface area contributed by atoms with Gasteiger partial charge in [0.25, 0.3) is 0 Å². The molecule has 2 aromatic heterocycles. The van der Waals surface area contributed by atoms with Crippen LogP contribution in [-0.2, 0) is 11.3 Å². The van der Waals surface area contributed by atoms with Crippen LogP contribution in [0.4, 0.5) is 0 Å². The number of hydrogen-bond acceptors (Lipinski definition) is 4. The standard InChI is InChI=1S/C20H20N4O2/c1-2-26-20-17(7-6-12-21-20)14-22-19(25)11-10-16-13-23-24(15-16)18-8-4-3-5-9-18/h3-13,15H,2,14H2,1H3,(H,22,25). The van der Waals surface area contributed by atoms with Gasteiger partial charge in [0.2, 0.25) is 11.8 Å². The third kappa shape index (κ3) is 4.57. The van der Waals surface area contributed by atoms with Crippen LogP contribution in [0.25, 0.3) is 11.8 Å². The first-order valence-corrected chi connectivity index (χ1v) is 8.39. The molecule has 0 saturated carbocycles. The number of hydrogen-bond donors (Lipinski definition) is 1. The van der Waals surface area contributed by atoms with Gasteiger partial charge in [-0.05, 0) is 31.2 Å². The van der Waals surface area contributed by atoms with Crippen LogP contribution < -0.4 is 10.1 Å². The molecule has 0 unspecified atom stereocenters. The van der Waals surface area contributed by atoms with E-state index in [1.165, 1.54) is 6.08 Å². The van der Waals surface area contributed by atoms with Gasteiger partial charge in [-0.2, -0.15) is 5.10 Å². The number of pyridine rings is 1. The second-order valence-electron chi connectivity index (χ2n) is 5.51. The highest BCUT2D eigenvalue weighted by Crippen LogP contribution is 2.13. The highest BCUT2D eigenvalue weighted by atomic mass is 16.5. The number of rotatable bonds is 7. The van der Waals surface area contributed by atoms with E-state index in [2.05, 4.69) is 15.4 Å². The molecule has 2 heterocycles. The van der Waals surface area contributed by atoms with Crippen molar-refractivity contribution >= 4 is 12.0 Å². The van der Waals surface area contributed by atoms with E-state index < -0.39 is 0 Å². The molecule has 132 valence electrons. The largest absolute Gasteiger partial charge is 0.478 e. The molecule has 0 radical (unpaired) electrons. The average molecular weight is 348 g/mol. The SMILES string of the molecule is CCOc1ncccc1CNC(=O)C=Cc1cnn(-c2ccccc2)c1. The molecule has 0 spiro atoms. The fraction of sp³-hybridized carbons (Fsp3) is 0.150. The van der Waals surface area contributed by atoms with Crippen molar-refractivity contribution in [3.63, 3.8) is 0 Å². The summed E-state index contributed by atoms with van der Waals surface area (Å²) in [6, 6.07) is 13.5. The predicted molar refractivity (Wildman–Crippen MR) is 99.9 cm³/mol. The minimum Gasteiger partial charge on any atom is -0.478 e. The zero-order valence-corrected chi connectivity index (χ0v) is 14.5. The molecule has 0 aliphatic rings. The Balaban J connectivity index is 1.58. The number of para-hydroxylation sites is 1. The molecular formula is C20H20N4O2. The van der Waals surface area contributed by atoms with Crippen LogP contribution in [0.3, 0.4) is 0 Å². The molecule has 6 nitrogen and oxygen atoms in total. The van der Waals surface area contributed by atoms with Crippen LogP contribution in [0.5, 0.6) is 5.88 Å². The van der Waals surface area contributed by atoms with E-state index in [9.17, 15) is 4.79 Å². The second-order valence-corrected chi connectivity index (χ2v) is 5.51. The van der Waals surface area contributed by atoms with Crippen LogP contribution in [0.1, 0.15) is 18.1 Å². The highest BCUT2D eigenvalue weighted by Gasteiger charge is 2.05. The van der Waals surface area contributed by atoms with Gasteiger partial charge in [-0.25, -0.2) is 9.67 Å². The van der Waals surface area contributed by atoms with Crippen molar-refractivity contribution in [3.8, 4) is 11.6 Å². The molecule has 3 aromatic rings. The molecular weight excluding hydrogens is 328 g/mol. The molecule has 1 N–H and O–H groups in total. The Labute approximate surface area is 152 Å². The first-order chi connectivity index (χ1) is 12.8. The van der Waals surface area contributed by atoms with Crippen molar-refractivity contribution < 1.29 is 9.53 Å². The van der Waals surface area contributed by atoms with Crippen molar-refractivity contribution in [1.82, 2.24) is 20.1 Å². The van der Waals surface area contributed by atoms with Crippen molar-refractivity contribution in [1.29, 1.82) is 0 Å². The minimum atomic E-state index is -0.191. The quantitative estimate of drug-likeness (QED) is 0.667. The summed E-state index contributed by atoms with van der Waals surface area (Å²) in [5.41, 5.74) is 2.66. The summed E-state index contributed by atoms with van der Waals surface area (Å²) >= 11 is 0. The Hall–Kier alpha value is -3.41. The lowest BCUT2D eigenvalue weighted by Gasteiger charge is -2.08. The van der Waals surface area contributed by atoms with Gasteiger partial charge in [0.15, 0.2) is 0 Å². The van der Waals surface area contributed by atoms with E-state index in [1.807, 2.05) is 55.6 Å². The third-order valence-corrected chi connectivity index (χ3v) is 3.63. The summed E-state index contributed by atoms with van der Waals surface area (Å²) in [6.07, 6.45) is 8.47. The predicted octanol–water partition coefficient (Wildman–Crippen LogP) is 3.00. The maximum absolute atomic E-state index is 12.0. The molecule has 26 heavy (non-hydrogen) atoms. The number of aromatic nitrogens is 3. The van der Waals surface area contributed by atoms with Crippen LogP contribution >= 0.6 is 0 Å². The lowest BCUT2D eigenvalue weighted by Crippen LogP contribution is -2.20.